The molecule has 4 nitrogen and oxygen atoms in total. The number of hydrogen-bond donors (Lipinski definition) is 2. The Labute approximate surface area is 129 Å². The summed E-state index contributed by atoms with van der Waals surface area (Å²) in [6.45, 7) is 2.17. The Morgan fingerprint density at radius 3 is 2.81 bits per heavy atom. The van der Waals surface area contributed by atoms with E-state index in [2.05, 4.69) is 4.72 Å². The second-order valence-corrected chi connectivity index (χ2v) is 7.72. The molecule has 1 aromatic rings. The molecule has 118 valence electrons. The second kappa shape index (κ2) is 6.20. The van der Waals surface area contributed by atoms with Crippen LogP contribution in [0.25, 0.3) is 0 Å². The van der Waals surface area contributed by atoms with Gasteiger partial charge in [0.05, 0.1) is 5.02 Å². The number of sulfonamides is 1. The first-order chi connectivity index (χ1) is 9.82. The summed E-state index contributed by atoms with van der Waals surface area (Å²) in [6.07, 6.45) is 3.52. The molecule has 2 unspecified atom stereocenters. The third kappa shape index (κ3) is 3.23. The van der Waals surface area contributed by atoms with Gasteiger partial charge in [0.15, 0.2) is 5.82 Å². The number of nitrogens with two attached hydrogens (primary N) is 1. The van der Waals surface area contributed by atoms with Crippen LogP contribution in [0.5, 0.6) is 0 Å². The first kappa shape index (κ1) is 16.7. The molecule has 7 heteroatoms. The lowest BCUT2D eigenvalue weighted by Gasteiger charge is -2.42. The minimum absolute atomic E-state index is 0.105. The van der Waals surface area contributed by atoms with Crippen LogP contribution < -0.4 is 10.5 Å². The van der Waals surface area contributed by atoms with Crippen LogP contribution in [0.1, 0.15) is 32.6 Å². The van der Waals surface area contributed by atoms with Crippen LogP contribution in [-0.4, -0.2) is 20.5 Å². The molecular weight excluding hydrogens is 315 g/mol. The van der Waals surface area contributed by atoms with Crippen molar-refractivity contribution in [3.8, 4) is 0 Å². The van der Waals surface area contributed by atoms with E-state index >= 15 is 0 Å². The Balaban J connectivity index is 2.38. The van der Waals surface area contributed by atoms with Gasteiger partial charge in [0, 0.05) is 12.1 Å². The third-order valence-corrected chi connectivity index (χ3v) is 6.22. The zero-order valence-corrected chi connectivity index (χ0v) is 13.5. The van der Waals surface area contributed by atoms with Crippen molar-refractivity contribution in [2.24, 2.45) is 11.7 Å². The highest BCUT2D eigenvalue weighted by molar-refractivity contribution is 7.89. The van der Waals surface area contributed by atoms with E-state index in [0.29, 0.717) is 6.42 Å². The van der Waals surface area contributed by atoms with Gasteiger partial charge < -0.3 is 5.73 Å². The average molecular weight is 335 g/mol. The fourth-order valence-corrected chi connectivity index (χ4v) is 4.79. The van der Waals surface area contributed by atoms with Crippen molar-refractivity contribution in [3.05, 3.63) is 29.0 Å². The van der Waals surface area contributed by atoms with Crippen molar-refractivity contribution >= 4 is 21.6 Å². The van der Waals surface area contributed by atoms with E-state index in [1.54, 1.807) is 0 Å². The van der Waals surface area contributed by atoms with Gasteiger partial charge in [0.25, 0.3) is 0 Å². The molecule has 3 N–H and O–H groups in total. The van der Waals surface area contributed by atoms with Gasteiger partial charge in [-0.05, 0) is 30.9 Å². The largest absolute Gasteiger partial charge is 0.329 e. The van der Waals surface area contributed by atoms with E-state index in [9.17, 15) is 12.8 Å². The molecule has 0 aromatic heterocycles. The molecule has 0 spiro atoms. The van der Waals surface area contributed by atoms with Crippen LogP contribution in [0.2, 0.25) is 5.02 Å². The van der Waals surface area contributed by atoms with Crippen molar-refractivity contribution < 1.29 is 12.8 Å². The predicted molar refractivity (Wildman–Crippen MR) is 81.1 cm³/mol. The summed E-state index contributed by atoms with van der Waals surface area (Å²) in [5.41, 5.74) is 5.12. The van der Waals surface area contributed by atoms with Crippen LogP contribution in [0, 0.1) is 11.7 Å². The number of halogens is 2. The van der Waals surface area contributed by atoms with E-state index in [0.717, 1.165) is 19.3 Å². The summed E-state index contributed by atoms with van der Waals surface area (Å²) in [5.74, 6) is -0.824. The summed E-state index contributed by atoms with van der Waals surface area (Å²) in [6, 6.07) is 3.94. The van der Waals surface area contributed by atoms with Gasteiger partial charge in [-0.2, -0.15) is 0 Å². The van der Waals surface area contributed by atoms with Gasteiger partial charge in [-0.1, -0.05) is 37.4 Å². The van der Waals surface area contributed by atoms with Crippen LogP contribution in [-0.2, 0) is 10.0 Å². The van der Waals surface area contributed by atoms with E-state index in [-0.39, 0.29) is 17.5 Å². The monoisotopic (exact) mass is 334 g/mol. The molecule has 0 bridgehead atoms. The summed E-state index contributed by atoms with van der Waals surface area (Å²) in [7, 11) is -4.01. The molecule has 1 saturated carbocycles. The molecule has 21 heavy (non-hydrogen) atoms. The molecule has 1 aliphatic carbocycles. The highest BCUT2D eigenvalue weighted by atomic mass is 35.5. The van der Waals surface area contributed by atoms with Crippen molar-refractivity contribution in [1.82, 2.24) is 4.72 Å². The fraction of sp³-hybridized carbons (Fsp3) is 0.571. The Morgan fingerprint density at radius 1 is 1.48 bits per heavy atom. The SMILES string of the molecule is CC1CCCCC1(CN)NS(=O)(=O)c1cccc(Cl)c1F. The van der Waals surface area contributed by atoms with E-state index in [1.165, 1.54) is 18.2 Å². The minimum atomic E-state index is -4.01. The second-order valence-electron chi connectivity index (χ2n) is 5.66. The maximum atomic E-state index is 14.0. The molecule has 0 heterocycles. The van der Waals surface area contributed by atoms with Gasteiger partial charge >= 0.3 is 0 Å². The lowest BCUT2D eigenvalue weighted by molar-refractivity contribution is 0.191. The lowest BCUT2D eigenvalue weighted by atomic mass is 9.74. The van der Waals surface area contributed by atoms with E-state index in [1.807, 2.05) is 6.92 Å². The van der Waals surface area contributed by atoms with Crippen molar-refractivity contribution in [3.63, 3.8) is 0 Å². The predicted octanol–water partition coefficient (Wildman–Crippen LogP) is 2.67. The van der Waals surface area contributed by atoms with Crippen LogP contribution in [0.15, 0.2) is 23.1 Å². The summed E-state index contributed by atoms with van der Waals surface area (Å²) in [5, 5.41) is -0.212. The third-order valence-electron chi connectivity index (χ3n) is 4.36. The Bertz CT molecular complexity index is 623. The van der Waals surface area contributed by atoms with E-state index in [4.69, 9.17) is 17.3 Å². The topological polar surface area (TPSA) is 72.2 Å². The van der Waals surface area contributed by atoms with Crippen LogP contribution >= 0.6 is 11.6 Å². The van der Waals surface area contributed by atoms with Gasteiger partial charge in [-0.3, -0.25) is 0 Å². The molecular formula is C14H20ClFN2O2S. The van der Waals surface area contributed by atoms with Gasteiger partial charge in [-0.25, -0.2) is 17.5 Å². The normalized spacial score (nSPS) is 26.8. The molecule has 2 atom stereocenters. The minimum Gasteiger partial charge on any atom is -0.329 e. The molecule has 0 radical (unpaired) electrons. The van der Waals surface area contributed by atoms with Crippen LogP contribution in [0.3, 0.4) is 0 Å². The standard InChI is InChI=1S/C14H20ClFN2O2S/c1-10-5-2-3-8-14(10,9-17)18-21(19,20)12-7-4-6-11(15)13(12)16/h4,6-7,10,18H,2-3,5,8-9,17H2,1H3. The maximum absolute atomic E-state index is 14.0. The van der Waals surface area contributed by atoms with E-state index < -0.39 is 26.3 Å². The van der Waals surface area contributed by atoms with Gasteiger partial charge in [-0.15, -0.1) is 0 Å². The maximum Gasteiger partial charge on any atom is 0.244 e. The summed E-state index contributed by atoms with van der Waals surface area (Å²) < 4.78 is 41.7. The Kier molecular flexibility index (Phi) is 4.92. The number of rotatable bonds is 4. The Morgan fingerprint density at radius 2 is 2.19 bits per heavy atom. The molecule has 0 amide bonds. The first-order valence-electron chi connectivity index (χ1n) is 7.00. The molecule has 1 aromatic carbocycles. The summed E-state index contributed by atoms with van der Waals surface area (Å²) >= 11 is 5.67. The summed E-state index contributed by atoms with van der Waals surface area (Å²) in [4.78, 5) is -0.430. The number of benzene rings is 1. The Hall–Kier alpha value is -0.690. The zero-order valence-electron chi connectivity index (χ0n) is 11.9. The van der Waals surface area contributed by atoms with Crippen molar-refractivity contribution in [2.45, 2.75) is 43.0 Å². The van der Waals surface area contributed by atoms with Crippen molar-refractivity contribution in [2.75, 3.05) is 6.54 Å². The van der Waals surface area contributed by atoms with Crippen LogP contribution in [0.4, 0.5) is 4.39 Å². The number of hydrogen-bond acceptors (Lipinski definition) is 3. The van der Waals surface area contributed by atoms with Gasteiger partial charge in [0.2, 0.25) is 10.0 Å². The molecule has 0 saturated heterocycles. The quantitative estimate of drug-likeness (QED) is 0.889. The molecule has 0 aliphatic heterocycles. The smallest absolute Gasteiger partial charge is 0.244 e. The molecule has 2 rings (SSSR count). The van der Waals surface area contributed by atoms with Gasteiger partial charge in [0.1, 0.15) is 4.90 Å². The average Bonchev–Trinajstić information content (AvgIpc) is 2.44. The first-order valence-corrected chi connectivity index (χ1v) is 8.86. The fourth-order valence-electron chi connectivity index (χ4n) is 2.92. The highest BCUT2D eigenvalue weighted by Gasteiger charge is 2.41. The van der Waals surface area contributed by atoms with Crippen molar-refractivity contribution in [1.29, 1.82) is 0 Å². The number of nitrogens with one attached hydrogen (secondary N) is 1. The highest BCUT2D eigenvalue weighted by Crippen LogP contribution is 2.34. The molecule has 1 aliphatic rings. The molecule has 1 fully saturated rings. The lowest BCUT2D eigenvalue weighted by Crippen LogP contribution is -2.59. The zero-order chi connectivity index (χ0) is 15.7.